The van der Waals surface area contributed by atoms with Gasteiger partial charge in [-0.3, -0.25) is 9.80 Å². The summed E-state index contributed by atoms with van der Waals surface area (Å²) in [6.45, 7) is 4.84. The van der Waals surface area contributed by atoms with E-state index < -0.39 is 6.10 Å². The van der Waals surface area contributed by atoms with E-state index in [4.69, 9.17) is 9.47 Å². The van der Waals surface area contributed by atoms with E-state index in [-0.39, 0.29) is 6.61 Å². The summed E-state index contributed by atoms with van der Waals surface area (Å²) in [5.41, 5.74) is 2.46. The highest BCUT2D eigenvalue weighted by molar-refractivity contribution is 5.43. The second kappa shape index (κ2) is 11.9. The van der Waals surface area contributed by atoms with E-state index in [2.05, 4.69) is 34.1 Å². The van der Waals surface area contributed by atoms with E-state index in [0.717, 1.165) is 26.2 Å². The Balaban J connectivity index is 1.52. The topological polar surface area (TPSA) is 45.2 Å². The Hall–Kier alpha value is -2.08. The van der Waals surface area contributed by atoms with Crippen molar-refractivity contribution < 1.29 is 14.6 Å². The number of rotatable bonds is 10. The van der Waals surface area contributed by atoms with Gasteiger partial charge in [-0.1, -0.05) is 49.2 Å². The van der Waals surface area contributed by atoms with Crippen molar-refractivity contribution in [3.63, 3.8) is 0 Å². The summed E-state index contributed by atoms with van der Waals surface area (Å²) in [4.78, 5) is 4.63. The second-order valence-corrected chi connectivity index (χ2v) is 8.32. The van der Waals surface area contributed by atoms with Crippen molar-refractivity contribution in [2.24, 2.45) is 0 Å². The van der Waals surface area contributed by atoms with E-state index in [1.54, 1.807) is 7.11 Å². The van der Waals surface area contributed by atoms with Gasteiger partial charge in [-0.05, 0) is 56.2 Å². The van der Waals surface area contributed by atoms with Gasteiger partial charge in [0.1, 0.15) is 12.7 Å². The van der Waals surface area contributed by atoms with Gasteiger partial charge in [0, 0.05) is 19.6 Å². The third-order valence-electron chi connectivity index (χ3n) is 5.58. The average Bonchev–Trinajstić information content (AvgIpc) is 3.01. The monoisotopic (exact) mass is 412 g/mol. The van der Waals surface area contributed by atoms with E-state index in [1.165, 1.54) is 36.8 Å². The molecular weight excluding hydrogens is 376 g/mol. The summed E-state index contributed by atoms with van der Waals surface area (Å²) in [7, 11) is 3.67. The Morgan fingerprint density at radius 1 is 0.967 bits per heavy atom. The van der Waals surface area contributed by atoms with Crippen LogP contribution in [0.25, 0.3) is 0 Å². The summed E-state index contributed by atoms with van der Waals surface area (Å²) < 4.78 is 11.4. The Morgan fingerprint density at radius 3 is 2.40 bits per heavy atom. The van der Waals surface area contributed by atoms with Gasteiger partial charge in [0.15, 0.2) is 11.5 Å². The molecule has 1 heterocycles. The molecule has 0 unspecified atom stereocenters. The predicted octanol–water partition coefficient (Wildman–Crippen LogP) is 3.94. The number of nitrogens with zero attached hydrogens (tertiary/aromatic N) is 2. The quantitative estimate of drug-likeness (QED) is 0.640. The van der Waals surface area contributed by atoms with Crippen molar-refractivity contribution in [1.82, 2.24) is 9.80 Å². The zero-order chi connectivity index (χ0) is 21.2. The lowest BCUT2D eigenvalue weighted by atomic mass is 10.2. The lowest BCUT2D eigenvalue weighted by molar-refractivity contribution is 0.0732. The number of likely N-dealkylation sites (tertiary alicyclic amines) is 1. The van der Waals surface area contributed by atoms with Gasteiger partial charge in [-0.2, -0.15) is 0 Å². The van der Waals surface area contributed by atoms with Gasteiger partial charge in [0.05, 0.1) is 7.11 Å². The molecule has 5 nitrogen and oxygen atoms in total. The van der Waals surface area contributed by atoms with Crippen molar-refractivity contribution in [1.29, 1.82) is 0 Å². The number of aliphatic hydroxyl groups is 1. The van der Waals surface area contributed by atoms with Crippen LogP contribution in [0.1, 0.15) is 36.8 Å². The van der Waals surface area contributed by atoms with Crippen molar-refractivity contribution >= 4 is 0 Å². The van der Waals surface area contributed by atoms with Gasteiger partial charge >= 0.3 is 0 Å². The van der Waals surface area contributed by atoms with Crippen LogP contribution < -0.4 is 9.47 Å². The van der Waals surface area contributed by atoms with Gasteiger partial charge in [0.25, 0.3) is 0 Å². The molecule has 3 rings (SSSR count). The summed E-state index contributed by atoms with van der Waals surface area (Å²) in [6, 6.07) is 16.4. The highest BCUT2D eigenvalue weighted by Crippen LogP contribution is 2.29. The van der Waals surface area contributed by atoms with Gasteiger partial charge in [0.2, 0.25) is 0 Å². The zero-order valence-corrected chi connectivity index (χ0v) is 18.4. The van der Waals surface area contributed by atoms with Crippen molar-refractivity contribution in [2.45, 2.75) is 44.9 Å². The highest BCUT2D eigenvalue weighted by Gasteiger charge is 2.14. The number of aliphatic hydroxyl groups excluding tert-OH is 1. The molecule has 0 bridgehead atoms. The minimum atomic E-state index is -0.572. The van der Waals surface area contributed by atoms with Crippen molar-refractivity contribution in [2.75, 3.05) is 40.4 Å². The molecule has 5 heteroatoms. The molecule has 0 aromatic heterocycles. The Labute approximate surface area is 181 Å². The maximum absolute atomic E-state index is 10.5. The first kappa shape index (κ1) is 22.6. The van der Waals surface area contributed by atoms with Crippen LogP contribution in [0.15, 0.2) is 48.5 Å². The molecule has 1 fully saturated rings. The fraction of sp³-hybridized carbons (Fsp3) is 0.520. The molecule has 0 amide bonds. The fourth-order valence-electron chi connectivity index (χ4n) is 4.04. The number of methoxy groups -OCH3 is 1. The van der Waals surface area contributed by atoms with Crippen LogP contribution in [0.2, 0.25) is 0 Å². The maximum Gasteiger partial charge on any atom is 0.161 e. The second-order valence-electron chi connectivity index (χ2n) is 8.32. The normalized spacial score (nSPS) is 16.3. The van der Waals surface area contributed by atoms with Crippen LogP contribution in [0.5, 0.6) is 11.5 Å². The van der Waals surface area contributed by atoms with E-state index in [0.29, 0.717) is 18.0 Å². The molecule has 1 aliphatic rings. The fourth-order valence-corrected chi connectivity index (χ4v) is 4.04. The molecule has 0 aliphatic carbocycles. The maximum atomic E-state index is 10.5. The van der Waals surface area contributed by atoms with Crippen LogP contribution >= 0.6 is 0 Å². The molecule has 1 atom stereocenters. The number of ether oxygens (including phenoxy) is 2. The summed E-state index contributed by atoms with van der Waals surface area (Å²) in [5, 5.41) is 10.5. The Bertz CT molecular complexity index is 745. The van der Waals surface area contributed by atoms with Crippen LogP contribution in [-0.2, 0) is 13.1 Å². The van der Waals surface area contributed by atoms with E-state index in [9.17, 15) is 5.11 Å². The van der Waals surface area contributed by atoms with Crippen molar-refractivity contribution in [3.05, 3.63) is 59.7 Å². The molecule has 1 N–H and O–H groups in total. The van der Waals surface area contributed by atoms with Crippen LogP contribution in [0.3, 0.4) is 0 Å². The molecule has 164 valence electrons. The number of benzene rings is 2. The SMILES string of the molecule is COc1ccc(CN2CCCCCC2)cc1OC[C@@H](O)CN(C)Cc1ccccc1. The predicted molar refractivity (Wildman–Crippen MR) is 121 cm³/mol. The molecule has 0 saturated carbocycles. The Kier molecular flexibility index (Phi) is 9.00. The molecule has 2 aromatic rings. The Morgan fingerprint density at radius 2 is 1.70 bits per heavy atom. The first-order chi connectivity index (χ1) is 14.6. The molecular formula is C25H36N2O3. The van der Waals surface area contributed by atoms with Crippen LogP contribution in [0.4, 0.5) is 0 Å². The molecule has 0 radical (unpaired) electrons. The number of hydrogen-bond acceptors (Lipinski definition) is 5. The molecule has 1 aliphatic heterocycles. The van der Waals surface area contributed by atoms with Crippen LogP contribution in [-0.4, -0.2) is 61.4 Å². The minimum Gasteiger partial charge on any atom is -0.493 e. The molecule has 1 saturated heterocycles. The number of likely N-dealkylation sites (N-methyl/N-ethyl adjacent to an activating group) is 1. The van der Waals surface area contributed by atoms with Gasteiger partial charge in [-0.25, -0.2) is 0 Å². The van der Waals surface area contributed by atoms with Gasteiger partial charge in [-0.15, -0.1) is 0 Å². The summed E-state index contributed by atoms with van der Waals surface area (Å²) >= 11 is 0. The first-order valence-electron chi connectivity index (χ1n) is 11.1. The smallest absolute Gasteiger partial charge is 0.161 e. The lowest BCUT2D eigenvalue weighted by Gasteiger charge is -2.22. The zero-order valence-electron chi connectivity index (χ0n) is 18.4. The standard InChI is InChI=1S/C25H36N2O3/c1-26(17-21-10-6-5-7-11-21)19-23(28)20-30-25-16-22(12-13-24(25)29-2)18-27-14-8-3-4-9-15-27/h5-7,10-13,16,23,28H,3-4,8-9,14-15,17-20H2,1-2H3/t23-/m0/s1. The third kappa shape index (κ3) is 7.31. The lowest BCUT2D eigenvalue weighted by Crippen LogP contribution is -2.32. The number of hydrogen-bond donors (Lipinski definition) is 1. The summed E-state index contributed by atoms with van der Waals surface area (Å²) in [5.74, 6) is 1.41. The minimum absolute atomic E-state index is 0.239. The largest absolute Gasteiger partial charge is 0.493 e. The van der Waals surface area contributed by atoms with E-state index in [1.807, 2.05) is 31.3 Å². The van der Waals surface area contributed by atoms with Crippen molar-refractivity contribution in [3.8, 4) is 11.5 Å². The molecule has 30 heavy (non-hydrogen) atoms. The van der Waals surface area contributed by atoms with Gasteiger partial charge < -0.3 is 14.6 Å². The molecule has 0 spiro atoms. The summed E-state index contributed by atoms with van der Waals surface area (Å²) in [6.07, 6.45) is 4.66. The first-order valence-corrected chi connectivity index (χ1v) is 11.1. The van der Waals surface area contributed by atoms with Crippen LogP contribution in [0, 0.1) is 0 Å². The highest BCUT2D eigenvalue weighted by atomic mass is 16.5. The average molecular weight is 413 g/mol. The third-order valence-corrected chi connectivity index (χ3v) is 5.58. The molecule has 2 aromatic carbocycles. The van der Waals surface area contributed by atoms with E-state index >= 15 is 0 Å².